The number of carbonyl (C=O) groups is 1. The molecule has 3 aliphatic rings. The molecule has 2 aliphatic heterocycles. The average molecular weight is 495 g/mol. The van der Waals surface area contributed by atoms with E-state index in [1.807, 2.05) is 23.2 Å². The number of hydrazine groups is 1. The molecule has 5 rings (SSSR count). The smallest absolute Gasteiger partial charge is 0.162 e. The average Bonchev–Trinajstić information content (AvgIpc) is 2.84. The molecule has 0 amide bonds. The Hall–Kier alpha value is -2.82. The van der Waals surface area contributed by atoms with Crippen LogP contribution in [0.5, 0.6) is 0 Å². The van der Waals surface area contributed by atoms with Gasteiger partial charge in [0.2, 0.25) is 0 Å². The third kappa shape index (κ3) is 3.99. The highest BCUT2D eigenvalue weighted by molar-refractivity contribution is 6.35. The van der Waals surface area contributed by atoms with Crippen molar-refractivity contribution in [2.45, 2.75) is 24.7 Å². The predicted molar refractivity (Wildman–Crippen MR) is 131 cm³/mol. The number of carbonyl (C=O) groups excluding carboxylic acids is 1. The second kappa shape index (κ2) is 9.44. The Morgan fingerprint density at radius 3 is 2.47 bits per heavy atom. The molecule has 1 saturated heterocycles. The second-order valence-electron chi connectivity index (χ2n) is 8.69. The fourth-order valence-corrected chi connectivity index (χ4v) is 5.71. The summed E-state index contributed by atoms with van der Waals surface area (Å²) in [7, 11) is 0. The molecule has 0 aromatic heterocycles. The first-order valence-corrected chi connectivity index (χ1v) is 12.0. The summed E-state index contributed by atoms with van der Waals surface area (Å²) < 4.78 is 5.54. The standard InChI is InChI=1S/C26H24Cl2N4O2/c27-18-6-7-19(21(28)14-18)24-20(15-29)26(30)32(31-8-10-34-11-9-31)22-12-17(13-23(33)25(22)24)16-4-2-1-3-5-16/h1-7,14,17,24H,8-13,30H2. The number of hydrogen-bond donors (Lipinski definition) is 1. The van der Waals surface area contributed by atoms with Crippen LogP contribution in [0.3, 0.4) is 0 Å². The van der Waals surface area contributed by atoms with Crippen LogP contribution in [0.2, 0.25) is 10.0 Å². The van der Waals surface area contributed by atoms with Gasteiger partial charge in [-0.25, -0.2) is 5.01 Å². The van der Waals surface area contributed by atoms with E-state index in [2.05, 4.69) is 23.2 Å². The Morgan fingerprint density at radius 2 is 1.79 bits per heavy atom. The molecule has 2 heterocycles. The molecule has 1 aliphatic carbocycles. The number of ketones is 1. The van der Waals surface area contributed by atoms with Crippen LogP contribution in [0, 0.1) is 11.3 Å². The third-order valence-corrected chi connectivity index (χ3v) is 7.32. The Kier molecular flexibility index (Phi) is 6.37. The molecule has 0 spiro atoms. The lowest BCUT2D eigenvalue weighted by Gasteiger charge is -2.47. The van der Waals surface area contributed by atoms with E-state index < -0.39 is 5.92 Å². The monoisotopic (exact) mass is 494 g/mol. The van der Waals surface area contributed by atoms with E-state index in [1.54, 1.807) is 18.2 Å². The van der Waals surface area contributed by atoms with E-state index in [0.29, 0.717) is 71.7 Å². The van der Waals surface area contributed by atoms with E-state index in [0.717, 1.165) is 11.3 Å². The zero-order valence-corrected chi connectivity index (χ0v) is 20.0. The number of rotatable bonds is 3. The van der Waals surface area contributed by atoms with Crippen molar-refractivity contribution in [3.8, 4) is 6.07 Å². The van der Waals surface area contributed by atoms with Gasteiger partial charge < -0.3 is 10.5 Å². The van der Waals surface area contributed by atoms with E-state index in [4.69, 9.17) is 33.7 Å². The van der Waals surface area contributed by atoms with E-state index in [-0.39, 0.29) is 11.7 Å². The number of nitrogens with two attached hydrogens (primary N) is 1. The Morgan fingerprint density at radius 1 is 1.06 bits per heavy atom. The fraction of sp³-hybridized carbons (Fsp3) is 0.308. The summed E-state index contributed by atoms with van der Waals surface area (Å²) in [5.74, 6) is -0.273. The second-order valence-corrected chi connectivity index (χ2v) is 9.53. The normalized spacial score (nSPS) is 23.7. The van der Waals surface area contributed by atoms with Gasteiger partial charge in [-0.3, -0.25) is 9.80 Å². The first-order chi connectivity index (χ1) is 16.5. The zero-order chi connectivity index (χ0) is 23.8. The lowest BCUT2D eigenvalue weighted by molar-refractivity contribution is -0.117. The molecular formula is C26H24Cl2N4O2. The summed E-state index contributed by atoms with van der Waals surface area (Å²) in [6.07, 6.45) is 0.990. The number of benzene rings is 2. The molecule has 2 unspecified atom stereocenters. The van der Waals surface area contributed by atoms with Crippen LogP contribution >= 0.6 is 23.2 Å². The van der Waals surface area contributed by atoms with Crippen LogP contribution in [0.25, 0.3) is 0 Å². The minimum absolute atomic E-state index is 0.00429. The van der Waals surface area contributed by atoms with Crippen molar-refractivity contribution in [2.24, 2.45) is 5.73 Å². The van der Waals surface area contributed by atoms with Crippen molar-refractivity contribution >= 4 is 29.0 Å². The molecule has 6 nitrogen and oxygen atoms in total. The molecular weight excluding hydrogens is 471 g/mol. The summed E-state index contributed by atoms with van der Waals surface area (Å²) in [5, 5.41) is 15.1. The zero-order valence-electron chi connectivity index (χ0n) is 18.5. The lowest BCUT2D eigenvalue weighted by atomic mass is 9.72. The van der Waals surface area contributed by atoms with Crippen LogP contribution < -0.4 is 5.73 Å². The molecule has 8 heteroatoms. The molecule has 0 saturated carbocycles. The third-order valence-electron chi connectivity index (χ3n) is 6.76. The maximum Gasteiger partial charge on any atom is 0.162 e. The number of nitriles is 1. The van der Waals surface area contributed by atoms with Gasteiger partial charge in [0.15, 0.2) is 5.78 Å². The minimum atomic E-state index is -0.633. The van der Waals surface area contributed by atoms with Crippen LogP contribution in [-0.2, 0) is 9.53 Å². The van der Waals surface area contributed by atoms with Crippen LogP contribution in [0.15, 0.2) is 71.2 Å². The molecule has 2 aromatic rings. The quantitative estimate of drug-likeness (QED) is 0.663. The largest absolute Gasteiger partial charge is 0.383 e. The summed E-state index contributed by atoms with van der Waals surface area (Å²) in [6.45, 7) is 2.34. The highest BCUT2D eigenvalue weighted by Gasteiger charge is 2.44. The minimum Gasteiger partial charge on any atom is -0.383 e. The maximum absolute atomic E-state index is 13.8. The van der Waals surface area contributed by atoms with Gasteiger partial charge in [-0.15, -0.1) is 0 Å². The van der Waals surface area contributed by atoms with Crippen molar-refractivity contribution in [1.82, 2.24) is 10.0 Å². The number of halogens is 2. The lowest BCUT2D eigenvalue weighted by Crippen LogP contribution is -2.52. The molecule has 0 bridgehead atoms. The topological polar surface area (TPSA) is 82.6 Å². The first kappa shape index (κ1) is 22.9. The van der Waals surface area contributed by atoms with E-state index in [9.17, 15) is 10.1 Å². The molecule has 174 valence electrons. The molecule has 2 N–H and O–H groups in total. The van der Waals surface area contributed by atoms with Gasteiger partial charge in [-0.2, -0.15) is 5.26 Å². The summed E-state index contributed by atoms with van der Waals surface area (Å²) in [4.78, 5) is 13.8. The highest BCUT2D eigenvalue weighted by atomic mass is 35.5. The van der Waals surface area contributed by atoms with Gasteiger partial charge >= 0.3 is 0 Å². The van der Waals surface area contributed by atoms with Gasteiger partial charge in [0, 0.05) is 40.8 Å². The van der Waals surface area contributed by atoms with Gasteiger partial charge in [-0.1, -0.05) is 59.6 Å². The van der Waals surface area contributed by atoms with Gasteiger partial charge in [0.1, 0.15) is 5.82 Å². The molecule has 34 heavy (non-hydrogen) atoms. The van der Waals surface area contributed by atoms with Crippen molar-refractivity contribution in [1.29, 1.82) is 5.26 Å². The summed E-state index contributed by atoms with van der Waals surface area (Å²) in [5.41, 5.74) is 10.2. The van der Waals surface area contributed by atoms with Crippen LogP contribution in [-0.4, -0.2) is 42.1 Å². The highest BCUT2D eigenvalue weighted by Crippen LogP contribution is 2.49. The Labute approximate surface area is 208 Å². The molecule has 0 radical (unpaired) electrons. The molecule has 2 atom stereocenters. The number of hydrogen-bond acceptors (Lipinski definition) is 6. The van der Waals surface area contributed by atoms with Crippen LogP contribution in [0.4, 0.5) is 0 Å². The van der Waals surface area contributed by atoms with Crippen molar-refractivity contribution < 1.29 is 9.53 Å². The van der Waals surface area contributed by atoms with Gasteiger partial charge in [0.25, 0.3) is 0 Å². The van der Waals surface area contributed by atoms with Crippen molar-refractivity contribution in [3.05, 3.63) is 92.4 Å². The number of ether oxygens (including phenoxy) is 1. The summed E-state index contributed by atoms with van der Waals surface area (Å²) >= 11 is 12.7. The van der Waals surface area contributed by atoms with Gasteiger partial charge in [-0.05, 0) is 35.6 Å². The predicted octanol–water partition coefficient (Wildman–Crippen LogP) is 4.73. The Bertz CT molecular complexity index is 1230. The molecule has 1 fully saturated rings. The summed E-state index contributed by atoms with van der Waals surface area (Å²) in [6, 6.07) is 17.5. The first-order valence-electron chi connectivity index (χ1n) is 11.3. The van der Waals surface area contributed by atoms with Crippen molar-refractivity contribution in [2.75, 3.05) is 26.3 Å². The van der Waals surface area contributed by atoms with Gasteiger partial charge in [0.05, 0.1) is 30.8 Å². The maximum atomic E-state index is 13.8. The van der Waals surface area contributed by atoms with E-state index >= 15 is 0 Å². The Balaban J connectivity index is 1.69. The SMILES string of the molecule is N#CC1=C(N)N(N2CCOCC2)C2=C(C(=O)CC(c3ccccc3)C2)C1c1ccc(Cl)cc1Cl. The molecule has 2 aromatic carbocycles. The number of allylic oxidation sites excluding steroid dienone is 3. The number of morpholine rings is 1. The van der Waals surface area contributed by atoms with Crippen LogP contribution in [0.1, 0.15) is 35.8 Å². The fourth-order valence-electron chi connectivity index (χ4n) is 5.20. The van der Waals surface area contributed by atoms with E-state index in [1.165, 1.54) is 0 Å². The number of nitrogens with zero attached hydrogens (tertiary/aromatic N) is 3. The number of Topliss-reactive ketones (excluding diaryl/α,β-unsaturated/α-hetero) is 1. The van der Waals surface area contributed by atoms with Crippen molar-refractivity contribution in [3.63, 3.8) is 0 Å².